The van der Waals surface area contributed by atoms with Crippen LogP contribution in [0.25, 0.3) is 0 Å². The van der Waals surface area contributed by atoms with E-state index in [2.05, 4.69) is 4.98 Å². The lowest BCUT2D eigenvalue weighted by Crippen LogP contribution is -2.40. The molecule has 1 saturated heterocycles. The van der Waals surface area contributed by atoms with Gasteiger partial charge in [-0.15, -0.1) is 11.3 Å². The molecule has 0 amide bonds. The molecule has 3 heterocycles. The molecule has 3 rings (SSSR count). The van der Waals surface area contributed by atoms with Crippen LogP contribution in [0.4, 0.5) is 0 Å². The Bertz CT molecular complexity index is 922. The molecular weight excluding hydrogens is 412 g/mol. The predicted molar refractivity (Wildman–Crippen MR) is 100 cm³/mol. The van der Waals surface area contributed by atoms with Crippen LogP contribution in [-0.2, 0) is 19.6 Å². The fraction of sp³-hybridized carbons (Fsp3) is 0.353. The molecule has 1 aliphatic rings. The maximum absolute atomic E-state index is 12.6. The predicted octanol–water partition coefficient (Wildman–Crippen LogP) is 2.62. The van der Waals surface area contributed by atoms with Crippen LogP contribution in [0.5, 0.6) is 0 Å². The minimum Gasteiger partial charge on any atom is -0.457 e. The first-order chi connectivity index (χ1) is 12.9. The number of halogens is 1. The fourth-order valence-electron chi connectivity index (χ4n) is 2.77. The van der Waals surface area contributed by atoms with Crippen molar-refractivity contribution >= 4 is 44.7 Å². The number of pyridine rings is 1. The lowest BCUT2D eigenvalue weighted by atomic mass is 9.98. The van der Waals surface area contributed by atoms with Crippen LogP contribution >= 0.6 is 22.9 Å². The fourth-order valence-corrected chi connectivity index (χ4v) is 5.17. The number of ketones is 1. The molecule has 1 fully saturated rings. The Morgan fingerprint density at radius 1 is 1.26 bits per heavy atom. The third-order valence-electron chi connectivity index (χ3n) is 4.25. The van der Waals surface area contributed by atoms with Gasteiger partial charge in [-0.05, 0) is 37.1 Å². The first kappa shape index (κ1) is 19.9. The van der Waals surface area contributed by atoms with Crippen LogP contribution in [-0.4, -0.2) is 49.2 Å². The second-order valence-electron chi connectivity index (χ2n) is 6.00. The van der Waals surface area contributed by atoms with Gasteiger partial charge in [0.15, 0.2) is 6.61 Å². The van der Waals surface area contributed by atoms with Crippen molar-refractivity contribution < 1.29 is 22.7 Å². The number of rotatable bonds is 6. The highest BCUT2D eigenvalue weighted by Crippen LogP contribution is 2.25. The van der Waals surface area contributed by atoms with E-state index < -0.39 is 21.9 Å². The highest BCUT2D eigenvalue weighted by atomic mass is 35.5. The lowest BCUT2D eigenvalue weighted by Gasteiger charge is -2.29. The number of ether oxygens (including phenoxy) is 1. The third kappa shape index (κ3) is 4.73. The summed E-state index contributed by atoms with van der Waals surface area (Å²) in [5.74, 6) is -1.22. The van der Waals surface area contributed by atoms with Gasteiger partial charge >= 0.3 is 5.97 Å². The molecule has 0 atom stereocenters. The van der Waals surface area contributed by atoms with Crippen LogP contribution < -0.4 is 0 Å². The quantitative estimate of drug-likeness (QED) is 0.518. The second-order valence-corrected chi connectivity index (χ2v) is 9.65. The Morgan fingerprint density at radius 2 is 2.00 bits per heavy atom. The maximum Gasteiger partial charge on any atom is 0.309 e. The van der Waals surface area contributed by atoms with Crippen molar-refractivity contribution in [1.82, 2.24) is 9.29 Å². The summed E-state index contributed by atoms with van der Waals surface area (Å²) in [6.45, 7) is 0.0841. The molecule has 0 aromatic carbocycles. The van der Waals surface area contributed by atoms with Gasteiger partial charge in [-0.1, -0.05) is 11.6 Å². The first-order valence-electron chi connectivity index (χ1n) is 8.23. The molecule has 0 bridgehead atoms. The van der Waals surface area contributed by atoms with E-state index in [0.717, 1.165) is 11.3 Å². The lowest BCUT2D eigenvalue weighted by molar-refractivity contribution is -0.148. The zero-order valence-corrected chi connectivity index (χ0v) is 16.6. The van der Waals surface area contributed by atoms with E-state index in [1.165, 1.54) is 22.8 Å². The molecular formula is C17H17ClN2O5S2. The summed E-state index contributed by atoms with van der Waals surface area (Å²) in [6.07, 6.45) is 3.50. The normalized spacial score (nSPS) is 16.2. The molecule has 2 aromatic rings. The van der Waals surface area contributed by atoms with Crippen LogP contribution in [0.2, 0.25) is 4.34 Å². The number of piperidine rings is 1. The van der Waals surface area contributed by atoms with E-state index >= 15 is 0 Å². The van der Waals surface area contributed by atoms with Crippen LogP contribution in [0, 0.1) is 5.92 Å². The van der Waals surface area contributed by atoms with Crippen LogP contribution in [0.1, 0.15) is 22.5 Å². The monoisotopic (exact) mass is 428 g/mol. The van der Waals surface area contributed by atoms with Gasteiger partial charge in [-0.25, -0.2) is 8.42 Å². The number of carbonyl (C=O) groups excluding carboxylic acids is 2. The largest absolute Gasteiger partial charge is 0.457 e. The van der Waals surface area contributed by atoms with Crippen molar-refractivity contribution in [1.29, 1.82) is 0 Å². The zero-order valence-electron chi connectivity index (χ0n) is 14.2. The zero-order chi connectivity index (χ0) is 19.4. The van der Waals surface area contributed by atoms with Crippen molar-refractivity contribution in [3.8, 4) is 0 Å². The topological polar surface area (TPSA) is 93.6 Å². The minimum atomic E-state index is -3.62. The molecule has 0 radical (unpaired) electrons. The van der Waals surface area contributed by atoms with E-state index in [1.54, 1.807) is 18.2 Å². The number of aromatic nitrogens is 1. The molecule has 0 aliphatic carbocycles. The van der Waals surface area contributed by atoms with Gasteiger partial charge in [0.05, 0.1) is 15.1 Å². The van der Waals surface area contributed by atoms with E-state index in [0.29, 0.717) is 22.1 Å². The Morgan fingerprint density at radius 3 is 2.59 bits per heavy atom. The summed E-state index contributed by atoms with van der Waals surface area (Å²) in [5.41, 5.74) is 0. The van der Waals surface area contributed by atoms with Crippen molar-refractivity contribution in [2.75, 3.05) is 19.7 Å². The number of sulfonamides is 1. The Kier molecular flexibility index (Phi) is 6.25. The van der Waals surface area contributed by atoms with Gasteiger partial charge in [0.2, 0.25) is 15.8 Å². The van der Waals surface area contributed by atoms with Crippen LogP contribution in [0.3, 0.4) is 0 Å². The molecule has 0 unspecified atom stereocenters. The van der Waals surface area contributed by atoms with Gasteiger partial charge in [0.1, 0.15) is 4.90 Å². The first-order valence-corrected chi connectivity index (χ1v) is 10.9. The highest BCUT2D eigenvalue weighted by Gasteiger charge is 2.33. The Hall–Kier alpha value is -1.81. The molecule has 10 heteroatoms. The van der Waals surface area contributed by atoms with Gasteiger partial charge < -0.3 is 4.74 Å². The smallest absolute Gasteiger partial charge is 0.309 e. The molecule has 7 nitrogen and oxygen atoms in total. The molecule has 2 aromatic heterocycles. The van der Waals surface area contributed by atoms with Crippen molar-refractivity contribution in [3.05, 3.63) is 45.9 Å². The number of Topliss-reactive ketones (excluding diaryl/α,β-unsaturated/α-hetero) is 1. The molecule has 0 saturated carbocycles. The Labute approximate surface area is 166 Å². The van der Waals surface area contributed by atoms with Crippen molar-refractivity contribution in [2.24, 2.45) is 5.92 Å². The summed E-state index contributed by atoms with van der Waals surface area (Å²) in [5, 5.41) is 0. The Balaban J connectivity index is 1.51. The average Bonchev–Trinajstić information content (AvgIpc) is 3.13. The van der Waals surface area contributed by atoms with Crippen LogP contribution in [0.15, 0.2) is 41.6 Å². The van der Waals surface area contributed by atoms with E-state index in [1.807, 2.05) is 0 Å². The second kappa shape index (κ2) is 8.47. The number of nitrogens with zero attached hydrogens (tertiary/aromatic N) is 2. The number of hydrogen-bond donors (Lipinski definition) is 0. The van der Waals surface area contributed by atoms with Crippen molar-refractivity contribution in [2.45, 2.75) is 17.7 Å². The van der Waals surface area contributed by atoms with Crippen molar-refractivity contribution in [3.63, 3.8) is 0 Å². The van der Waals surface area contributed by atoms with Gasteiger partial charge in [0, 0.05) is 25.5 Å². The molecule has 0 spiro atoms. The number of hydrogen-bond acceptors (Lipinski definition) is 7. The number of thiophene rings is 1. The summed E-state index contributed by atoms with van der Waals surface area (Å²) in [4.78, 5) is 28.6. The molecule has 1 aliphatic heterocycles. The standard InChI is InChI=1S/C17H17ClN2O5S2/c18-16-4-3-15(26-16)14(21)11-25-17(22)12-5-8-20(9-6-12)27(23,24)13-2-1-7-19-10-13/h1-4,7,10,12H,5-6,8-9,11H2. The summed E-state index contributed by atoms with van der Waals surface area (Å²) >= 11 is 6.91. The van der Waals surface area contributed by atoms with Gasteiger partial charge in [0.25, 0.3) is 0 Å². The van der Waals surface area contributed by atoms with Gasteiger partial charge in [-0.2, -0.15) is 4.31 Å². The minimum absolute atomic E-state index is 0.131. The van der Waals surface area contributed by atoms with Gasteiger partial charge in [-0.3, -0.25) is 14.6 Å². The number of carbonyl (C=O) groups is 2. The van der Waals surface area contributed by atoms with E-state index in [-0.39, 0.29) is 30.4 Å². The summed E-state index contributed by atoms with van der Waals surface area (Å²) < 4.78 is 32.0. The van der Waals surface area contributed by atoms with E-state index in [4.69, 9.17) is 16.3 Å². The maximum atomic E-state index is 12.6. The highest BCUT2D eigenvalue weighted by molar-refractivity contribution is 7.89. The molecule has 27 heavy (non-hydrogen) atoms. The summed E-state index contributed by atoms with van der Waals surface area (Å²) in [7, 11) is -3.62. The SMILES string of the molecule is O=C(COC(=O)C1CCN(S(=O)(=O)c2cccnc2)CC1)c1ccc(Cl)s1. The van der Waals surface area contributed by atoms with E-state index in [9.17, 15) is 18.0 Å². The number of esters is 1. The molecule has 144 valence electrons. The average molecular weight is 429 g/mol. The summed E-state index contributed by atoms with van der Waals surface area (Å²) in [6, 6.07) is 6.25. The molecule has 0 N–H and O–H groups in total. The third-order valence-corrected chi connectivity index (χ3v) is 7.41.